The van der Waals surface area contributed by atoms with Crippen LogP contribution in [0.1, 0.15) is 47.6 Å². The lowest BCUT2D eigenvalue weighted by Crippen LogP contribution is -2.40. The molecule has 2 N–H and O–H groups in total. The molecule has 1 saturated carbocycles. The standard InChI is InChI=1S/C16H21N5O2/c1-10-6-21(7-12-5-17-9-18-12)8-14(10)19-16(22)13-4-15(23-20-13)11-2-3-11/h4-5,9-11,14H,2-3,6-8H2,1H3,(H,17,18)(H,19,22)/t10-,14-/m0/s1. The molecule has 7 heteroatoms. The molecule has 1 aliphatic heterocycles. The van der Waals surface area contributed by atoms with Crippen LogP contribution in [0.5, 0.6) is 0 Å². The highest BCUT2D eigenvalue weighted by molar-refractivity contribution is 5.92. The molecule has 0 bridgehead atoms. The number of nitrogens with one attached hydrogen (secondary N) is 2. The van der Waals surface area contributed by atoms with Crippen molar-refractivity contribution in [1.29, 1.82) is 0 Å². The van der Waals surface area contributed by atoms with E-state index in [1.165, 1.54) is 0 Å². The molecule has 2 aromatic rings. The van der Waals surface area contributed by atoms with Gasteiger partial charge in [-0.25, -0.2) is 4.98 Å². The van der Waals surface area contributed by atoms with Crippen LogP contribution < -0.4 is 5.32 Å². The van der Waals surface area contributed by atoms with Crippen molar-refractivity contribution in [2.24, 2.45) is 5.92 Å². The van der Waals surface area contributed by atoms with Crippen molar-refractivity contribution in [2.75, 3.05) is 13.1 Å². The van der Waals surface area contributed by atoms with E-state index in [1.807, 2.05) is 6.20 Å². The van der Waals surface area contributed by atoms with Gasteiger partial charge in [-0.3, -0.25) is 9.69 Å². The minimum atomic E-state index is -0.140. The highest BCUT2D eigenvalue weighted by Gasteiger charge is 2.33. The van der Waals surface area contributed by atoms with Crippen LogP contribution in [0.25, 0.3) is 0 Å². The molecule has 0 spiro atoms. The van der Waals surface area contributed by atoms with Gasteiger partial charge in [0, 0.05) is 43.9 Å². The highest BCUT2D eigenvalue weighted by Crippen LogP contribution is 2.40. The number of likely N-dealkylation sites (tertiary alicyclic amines) is 1. The zero-order chi connectivity index (χ0) is 15.8. The van der Waals surface area contributed by atoms with Gasteiger partial charge in [0.05, 0.1) is 12.0 Å². The number of aromatic amines is 1. The monoisotopic (exact) mass is 315 g/mol. The van der Waals surface area contributed by atoms with Gasteiger partial charge < -0.3 is 14.8 Å². The number of imidazole rings is 1. The molecule has 2 fully saturated rings. The molecule has 0 radical (unpaired) electrons. The van der Waals surface area contributed by atoms with Crippen molar-refractivity contribution >= 4 is 5.91 Å². The average Bonchev–Trinajstić information content (AvgIpc) is 2.94. The van der Waals surface area contributed by atoms with Crippen LogP contribution in [0.15, 0.2) is 23.1 Å². The summed E-state index contributed by atoms with van der Waals surface area (Å²) in [5.41, 5.74) is 1.42. The van der Waals surface area contributed by atoms with Crippen molar-refractivity contribution in [1.82, 2.24) is 25.3 Å². The first-order chi connectivity index (χ1) is 11.2. The normalized spacial score (nSPS) is 24.9. The molecule has 3 heterocycles. The minimum Gasteiger partial charge on any atom is -0.360 e. The molecule has 122 valence electrons. The van der Waals surface area contributed by atoms with E-state index in [4.69, 9.17) is 4.52 Å². The lowest BCUT2D eigenvalue weighted by Gasteiger charge is -2.16. The largest absolute Gasteiger partial charge is 0.360 e. The van der Waals surface area contributed by atoms with Gasteiger partial charge in [0.2, 0.25) is 0 Å². The topological polar surface area (TPSA) is 87.0 Å². The number of hydrogen-bond donors (Lipinski definition) is 2. The zero-order valence-corrected chi connectivity index (χ0v) is 13.2. The first kappa shape index (κ1) is 14.4. The van der Waals surface area contributed by atoms with Crippen LogP contribution in [-0.2, 0) is 6.54 Å². The lowest BCUT2D eigenvalue weighted by molar-refractivity contribution is 0.0922. The van der Waals surface area contributed by atoms with Crippen LogP contribution in [0.2, 0.25) is 0 Å². The fourth-order valence-electron chi connectivity index (χ4n) is 3.19. The molecule has 23 heavy (non-hydrogen) atoms. The molecular formula is C16H21N5O2. The van der Waals surface area contributed by atoms with Crippen LogP contribution in [-0.4, -0.2) is 45.1 Å². The van der Waals surface area contributed by atoms with Gasteiger partial charge in [-0.2, -0.15) is 0 Å². The van der Waals surface area contributed by atoms with Gasteiger partial charge in [0.25, 0.3) is 5.91 Å². The molecule has 1 aliphatic carbocycles. The Morgan fingerprint density at radius 3 is 3.09 bits per heavy atom. The molecule has 2 aromatic heterocycles. The number of aromatic nitrogens is 3. The molecule has 2 aliphatic rings. The van der Waals surface area contributed by atoms with E-state index < -0.39 is 0 Å². The van der Waals surface area contributed by atoms with Gasteiger partial charge in [-0.05, 0) is 18.8 Å². The Hall–Kier alpha value is -2.15. The Morgan fingerprint density at radius 1 is 1.48 bits per heavy atom. The third kappa shape index (κ3) is 3.14. The molecule has 0 aromatic carbocycles. The number of amides is 1. The lowest BCUT2D eigenvalue weighted by atomic mass is 10.1. The Balaban J connectivity index is 1.35. The van der Waals surface area contributed by atoms with E-state index in [-0.39, 0.29) is 11.9 Å². The van der Waals surface area contributed by atoms with Gasteiger partial charge in [-0.15, -0.1) is 0 Å². The van der Waals surface area contributed by atoms with E-state index in [0.29, 0.717) is 17.5 Å². The zero-order valence-electron chi connectivity index (χ0n) is 13.2. The summed E-state index contributed by atoms with van der Waals surface area (Å²) >= 11 is 0. The molecular weight excluding hydrogens is 294 g/mol. The quantitative estimate of drug-likeness (QED) is 0.873. The second-order valence-electron chi connectivity index (χ2n) is 6.70. The van der Waals surface area contributed by atoms with Crippen molar-refractivity contribution in [3.05, 3.63) is 35.7 Å². The van der Waals surface area contributed by atoms with Gasteiger partial charge in [0.1, 0.15) is 5.76 Å². The number of rotatable bonds is 5. The fraction of sp³-hybridized carbons (Fsp3) is 0.562. The van der Waals surface area contributed by atoms with Crippen molar-refractivity contribution in [3.8, 4) is 0 Å². The van der Waals surface area contributed by atoms with Gasteiger partial charge in [-0.1, -0.05) is 12.1 Å². The molecule has 4 rings (SSSR count). The first-order valence-corrected chi connectivity index (χ1v) is 8.16. The van der Waals surface area contributed by atoms with Crippen molar-refractivity contribution in [2.45, 2.75) is 38.3 Å². The first-order valence-electron chi connectivity index (χ1n) is 8.16. The van der Waals surface area contributed by atoms with E-state index >= 15 is 0 Å². The summed E-state index contributed by atoms with van der Waals surface area (Å²) in [6.07, 6.45) is 5.87. The maximum atomic E-state index is 12.4. The molecule has 2 atom stereocenters. The Labute approximate surface area is 134 Å². The summed E-state index contributed by atoms with van der Waals surface area (Å²) < 4.78 is 5.26. The van der Waals surface area contributed by atoms with E-state index in [2.05, 4.69) is 32.3 Å². The summed E-state index contributed by atoms with van der Waals surface area (Å²) in [6.45, 7) is 4.74. The third-order valence-corrected chi connectivity index (χ3v) is 4.69. The highest BCUT2D eigenvalue weighted by atomic mass is 16.5. The Bertz CT molecular complexity index is 676. The molecule has 7 nitrogen and oxygen atoms in total. The number of carbonyl (C=O) groups is 1. The number of H-pyrrole nitrogens is 1. The predicted octanol–water partition coefficient (Wildman–Crippen LogP) is 1.53. The van der Waals surface area contributed by atoms with Crippen LogP contribution in [0.3, 0.4) is 0 Å². The third-order valence-electron chi connectivity index (χ3n) is 4.69. The van der Waals surface area contributed by atoms with Crippen LogP contribution >= 0.6 is 0 Å². The average molecular weight is 315 g/mol. The van der Waals surface area contributed by atoms with Crippen molar-refractivity contribution in [3.63, 3.8) is 0 Å². The van der Waals surface area contributed by atoms with Gasteiger partial charge in [0.15, 0.2) is 5.69 Å². The number of carbonyl (C=O) groups excluding carboxylic acids is 1. The second kappa shape index (κ2) is 5.81. The second-order valence-corrected chi connectivity index (χ2v) is 6.70. The van der Waals surface area contributed by atoms with Crippen LogP contribution in [0, 0.1) is 5.92 Å². The summed E-state index contributed by atoms with van der Waals surface area (Å²) in [5.74, 6) is 1.57. The fourth-order valence-corrected chi connectivity index (χ4v) is 3.19. The molecule has 1 saturated heterocycles. The number of nitrogens with zero attached hydrogens (tertiary/aromatic N) is 3. The van der Waals surface area contributed by atoms with Crippen LogP contribution in [0.4, 0.5) is 0 Å². The summed E-state index contributed by atoms with van der Waals surface area (Å²) in [7, 11) is 0. The minimum absolute atomic E-state index is 0.127. The maximum absolute atomic E-state index is 12.4. The molecule has 0 unspecified atom stereocenters. The smallest absolute Gasteiger partial charge is 0.273 e. The van der Waals surface area contributed by atoms with Gasteiger partial charge >= 0.3 is 0 Å². The predicted molar refractivity (Wildman–Crippen MR) is 82.8 cm³/mol. The van der Waals surface area contributed by atoms with Crippen molar-refractivity contribution < 1.29 is 9.32 Å². The Morgan fingerprint density at radius 2 is 2.35 bits per heavy atom. The summed E-state index contributed by atoms with van der Waals surface area (Å²) in [5, 5.41) is 7.01. The van der Waals surface area contributed by atoms with E-state index in [0.717, 1.165) is 43.9 Å². The van der Waals surface area contributed by atoms with E-state index in [1.54, 1.807) is 12.4 Å². The summed E-state index contributed by atoms with van der Waals surface area (Å²) in [6, 6.07) is 1.91. The van der Waals surface area contributed by atoms with E-state index in [9.17, 15) is 4.79 Å². The Kier molecular flexibility index (Phi) is 3.65. The SMILES string of the molecule is C[C@H]1CN(Cc2c[nH]cn2)C[C@@H]1NC(=O)c1cc(C2CC2)on1. The summed E-state index contributed by atoms with van der Waals surface area (Å²) in [4.78, 5) is 21.9. The number of hydrogen-bond acceptors (Lipinski definition) is 5. The molecule has 1 amide bonds. The maximum Gasteiger partial charge on any atom is 0.273 e.